The number of methoxy groups -OCH3 is 1. The molecule has 0 unspecified atom stereocenters. The highest BCUT2D eigenvalue weighted by Crippen LogP contribution is 2.38. The van der Waals surface area contributed by atoms with Crippen molar-refractivity contribution in [3.8, 4) is 28.4 Å². The molecule has 0 radical (unpaired) electrons. The molecule has 0 saturated carbocycles. The summed E-state index contributed by atoms with van der Waals surface area (Å²) in [5.74, 6) is 0.794. The Morgan fingerprint density at radius 1 is 0.973 bits per heavy atom. The number of carboxylic acids is 1. The van der Waals surface area contributed by atoms with Crippen LogP contribution in [0.15, 0.2) is 60.7 Å². The number of benzene rings is 3. The summed E-state index contributed by atoms with van der Waals surface area (Å²) in [7, 11) is 1.52. The summed E-state index contributed by atoms with van der Waals surface area (Å²) in [4.78, 5) is 10.9. The SMILES string of the molecule is CCc1cc(OCC[C@@H](C)Oc2ccc(C(F)(F)F)cc2-c2ccc(OC)cc2)ccc1CCC(=O)O. The van der Waals surface area contributed by atoms with Gasteiger partial charge in [0.15, 0.2) is 0 Å². The maximum atomic E-state index is 13.4. The lowest BCUT2D eigenvalue weighted by molar-refractivity contribution is -0.138. The largest absolute Gasteiger partial charge is 0.497 e. The third kappa shape index (κ3) is 7.90. The monoisotopic (exact) mass is 516 g/mol. The van der Waals surface area contributed by atoms with Crippen LogP contribution in [0.3, 0.4) is 0 Å². The number of aliphatic carboxylic acids is 1. The van der Waals surface area contributed by atoms with Crippen molar-refractivity contribution in [2.24, 2.45) is 0 Å². The minimum atomic E-state index is -4.47. The maximum Gasteiger partial charge on any atom is 0.416 e. The van der Waals surface area contributed by atoms with Crippen molar-refractivity contribution in [3.05, 3.63) is 77.4 Å². The fraction of sp³-hybridized carbons (Fsp3) is 0.345. The summed E-state index contributed by atoms with van der Waals surface area (Å²) in [6, 6.07) is 15.9. The number of carboxylic acid groups (broad SMARTS) is 1. The molecule has 0 aliphatic rings. The number of hydrogen-bond donors (Lipinski definition) is 1. The van der Waals surface area contributed by atoms with Crippen LogP contribution < -0.4 is 14.2 Å². The number of halogens is 3. The van der Waals surface area contributed by atoms with Crippen LogP contribution in [0.2, 0.25) is 0 Å². The summed E-state index contributed by atoms with van der Waals surface area (Å²) < 4.78 is 57.2. The van der Waals surface area contributed by atoms with E-state index in [0.29, 0.717) is 47.8 Å². The van der Waals surface area contributed by atoms with Gasteiger partial charge in [-0.15, -0.1) is 0 Å². The Hall–Kier alpha value is -3.68. The zero-order chi connectivity index (χ0) is 27.0. The molecule has 0 aliphatic heterocycles. The highest BCUT2D eigenvalue weighted by Gasteiger charge is 2.31. The molecule has 3 aromatic carbocycles. The third-order valence-corrected chi connectivity index (χ3v) is 6.00. The second-order valence-corrected chi connectivity index (χ2v) is 8.68. The Morgan fingerprint density at radius 3 is 2.30 bits per heavy atom. The molecule has 8 heteroatoms. The van der Waals surface area contributed by atoms with Gasteiger partial charge in [0.05, 0.1) is 25.4 Å². The Bertz CT molecular complexity index is 1190. The summed E-state index contributed by atoms with van der Waals surface area (Å²) >= 11 is 0. The van der Waals surface area contributed by atoms with Gasteiger partial charge in [-0.05, 0) is 78.9 Å². The summed E-state index contributed by atoms with van der Waals surface area (Å²) in [6.07, 6.45) is -2.99. The van der Waals surface area contributed by atoms with Crippen LogP contribution in [0.5, 0.6) is 17.2 Å². The van der Waals surface area contributed by atoms with Gasteiger partial charge in [0.25, 0.3) is 0 Å². The van der Waals surface area contributed by atoms with E-state index in [4.69, 9.17) is 19.3 Å². The van der Waals surface area contributed by atoms with Crippen molar-refractivity contribution >= 4 is 5.97 Å². The van der Waals surface area contributed by atoms with Gasteiger partial charge in [-0.3, -0.25) is 4.79 Å². The van der Waals surface area contributed by atoms with Gasteiger partial charge >= 0.3 is 12.1 Å². The molecule has 0 aromatic heterocycles. The van der Waals surface area contributed by atoms with E-state index in [-0.39, 0.29) is 12.5 Å². The lowest BCUT2D eigenvalue weighted by Crippen LogP contribution is -2.16. The Morgan fingerprint density at radius 2 is 1.68 bits per heavy atom. The van der Waals surface area contributed by atoms with Crippen molar-refractivity contribution in [1.29, 1.82) is 0 Å². The molecule has 37 heavy (non-hydrogen) atoms. The van der Waals surface area contributed by atoms with Gasteiger partial charge in [0.1, 0.15) is 17.2 Å². The van der Waals surface area contributed by atoms with E-state index in [1.54, 1.807) is 24.3 Å². The molecular weight excluding hydrogens is 485 g/mol. The molecule has 0 fully saturated rings. The number of hydrogen-bond acceptors (Lipinski definition) is 4. The zero-order valence-electron chi connectivity index (χ0n) is 21.1. The molecule has 1 N–H and O–H groups in total. The Balaban J connectivity index is 1.68. The number of carbonyl (C=O) groups is 1. The predicted molar refractivity (Wildman–Crippen MR) is 135 cm³/mol. The van der Waals surface area contributed by atoms with Gasteiger partial charge in [-0.1, -0.05) is 25.1 Å². The van der Waals surface area contributed by atoms with Gasteiger partial charge in [-0.2, -0.15) is 13.2 Å². The van der Waals surface area contributed by atoms with Gasteiger partial charge in [-0.25, -0.2) is 0 Å². The number of ether oxygens (including phenoxy) is 3. The van der Waals surface area contributed by atoms with E-state index < -0.39 is 17.7 Å². The average Bonchev–Trinajstić information content (AvgIpc) is 2.87. The first-order valence-corrected chi connectivity index (χ1v) is 12.1. The first-order valence-electron chi connectivity index (χ1n) is 12.1. The lowest BCUT2D eigenvalue weighted by atomic mass is 10.0. The number of aryl methyl sites for hydroxylation is 2. The van der Waals surface area contributed by atoms with Crippen molar-refractivity contribution in [1.82, 2.24) is 0 Å². The van der Waals surface area contributed by atoms with E-state index >= 15 is 0 Å². The highest BCUT2D eigenvalue weighted by atomic mass is 19.4. The van der Waals surface area contributed by atoms with Crippen LogP contribution in [0.4, 0.5) is 13.2 Å². The summed E-state index contributed by atoms with van der Waals surface area (Å²) in [5, 5.41) is 8.93. The summed E-state index contributed by atoms with van der Waals surface area (Å²) in [6.45, 7) is 4.19. The molecule has 198 valence electrons. The topological polar surface area (TPSA) is 65.0 Å². The fourth-order valence-electron chi connectivity index (χ4n) is 3.93. The smallest absolute Gasteiger partial charge is 0.416 e. The standard InChI is InChI=1S/C29H31F3O5/c1-4-20-17-25(12-5-21(20)8-14-28(33)34)36-16-15-19(2)37-27-13-9-23(29(30,31)32)18-26(27)22-6-10-24(35-3)11-7-22/h5-7,9-13,17-19H,4,8,14-16H2,1-3H3,(H,33,34)/t19-/m1/s1. The first kappa shape index (κ1) is 27.9. The minimum absolute atomic E-state index is 0.0739. The highest BCUT2D eigenvalue weighted by molar-refractivity contribution is 5.72. The van der Waals surface area contributed by atoms with Crippen molar-refractivity contribution in [3.63, 3.8) is 0 Å². The molecule has 3 aromatic rings. The third-order valence-electron chi connectivity index (χ3n) is 6.00. The van der Waals surface area contributed by atoms with Gasteiger partial charge in [0.2, 0.25) is 0 Å². The van der Waals surface area contributed by atoms with Crippen molar-refractivity contribution in [2.45, 2.75) is 51.8 Å². The van der Waals surface area contributed by atoms with Gasteiger partial charge < -0.3 is 19.3 Å². The zero-order valence-corrected chi connectivity index (χ0v) is 21.1. The van der Waals surface area contributed by atoms with Crippen LogP contribution in [0, 0.1) is 0 Å². The van der Waals surface area contributed by atoms with Crippen molar-refractivity contribution < 1.29 is 37.3 Å². The van der Waals surface area contributed by atoms with E-state index in [9.17, 15) is 18.0 Å². The molecule has 0 bridgehead atoms. The minimum Gasteiger partial charge on any atom is -0.497 e. The van der Waals surface area contributed by atoms with Crippen LogP contribution in [0.25, 0.3) is 11.1 Å². The molecule has 5 nitrogen and oxygen atoms in total. The van der Waals surface area contributed by atoms with Gasteiger partial charge in [0, 0.05) is 18.4 Å². The molecule has 0 spiro atoms. The fourth-order valence-corrected chi connectivity index (χ4v) is 3.93. The van der Waals surface area contributed by atoms with E-state index in [1.807, 2.05) is 32.0 Å². The van der Waals surface area contributed by atoms with Crippen LogP contribution in [0.1, 0.15) is 43.4 Å². The van der Waals surface area contributed by atoms with Crippen LogP contribution in [-0.2, 0) is 23.8 Å². The molecule has 0 saturated heterocycles. The number of alkyl halides is 3. The molecule has 3 rings (SSSR count). The second kappa shape index (κ2) is 12.5. The molecule has 0 amide bonds. The number of rotatable bonds is 12. The second-order valence-electron chi connectivity index (χ2n) is 8.68. The normalized spacial score (nSPS) is 12.2. The van der Waals surface area contributed by atoms with Crippen LogP contribution >= 0.6 is 0 Å². The molecule has 0 aliphatic carbocycles. The van der Waals surface area contributed by atoms with E-state index in [1.165, 1.54) is 13.2 Å². The Kier molecular flexibility index (Phi) is 9.44. The maximum absolute atomic E-state index is 13.4. The quantitative estimate of drug-likeness (QED) is 0.276. The van der Waals surface area contributed by atoms with Crippen molar-refractivity contribution in [2.75, 3.05) is 13.7 Å². The molecule has 1 atom stereocenters. The predicted octanol–water partition coefficient (Wildman–Crippen LogP) is 7.20. The van der Waals surface area contributed by atoms with Crippen LogP contribution in [-0.4, -0.2) is 30.9 Å². The van der Waals surface area contributed by atoms with E-state index in [2.05, 4.69) is 0 Å². The lowest BCUT2D eigenvalue weighted by Gasteiger charge is -2.20. The first-order chi connectivity index (χ1) is 17.6. The molecule has 0 heterocycles. The van der Waals surface area contributed by atoms with E-state index in [0.717, 1.165) is 29.7 Å². The molecular formula is C29H31F3O5. The average molecular weight is 517 g/mol. The summed E-state index contributed by atoms with van der Waals surface area (Å²) in [5.41, 5.74) is 2.20. The Labute approximate surface area is 214 Å².